The first-order valence-electron chi connectivity index (χ1n) is 6.65. The number of carbonyl (C=O) groups excluding carboxylic acids is 2. The Balaban J connectivity index is 1.93. The predicted molar refractivity (Wildman–Crippen MR) is 76.2 cm³/mol. The predicted octanol–water partition coefficient (Wildman–Crippen LogP) is 0.644. The second-order valence-electron chi connectivity index (χ2n) is 4.60. The molecular formula is C14H17N5O2. The number of rotatable bonds is 5. The van der Waals surface area contributed by atoms with Crippen LogP contribution < -0.4 is 11.1 Å². The number of hydrogen-bond donors (Lipinski definition) is 2. The zero-order valence-corrected chi connectivity index (χ0v) is 11.7. The Morgan fingerprint density at radius 3 is 2.71 bits per heavy atom. The summed E-state index contributed by atoms with van der Waals surface area (Å²) in [6.07, 6.45) is 2.35. The number of nitrogens with one attached hydrogen (secondary N) is 1. The van der Waals surface area contributed by atoms with E-state index in [0.29, 0.717) is 11.3 Å². The van der Waals surface area contributed by atoms with Crippen LogP contribution in [0.5, 0.6) is 0 Å². The van der Waals surface area contributed by atoms with Crippen LogP contribution in [0.3, 0.4) is 0 Å². The fourth-order valence-corrected chi connectivity index (χ4v) is 1.74. The summed E-state index contributed by atoms with van der Waals surface area (Å²) in [6, 6.07) is 8.33. The first kappa shape index (κ1) is 14.9. The van der Waals surface area contributed by atoms with E-state index in [1.807, 2.05) is 6.92 Å². The largest absolute Gasteiger partial charge is 0.323 e. The Bertz CT molecular complexity index is 623. The Labute approximate surface area is 122 Å². The molecule has 2 aromatic rings. The lowest BCUT2D eigenvalue weighted by Crippen LogP contribution is -2.33. The molecule has 1 aromatic heterocycles. The number of benzene rings is 1. The van der Waals surface area contributed by atoms with Gasteiger partial charge in [-0.05, 0) is 18.6 Å². The van der Waals surface area contributed by atoms with E-state index in [2.05, 4.69) is 15.6 Å². The average Bonchev–Trinajstić information content (AvgIpc) is 2.95. The molecule has 0 bridgehead atoms. The summed E-state index contributed by atoms with van der Waals surface area (Å²) in [4.78, 5) is 23.6. The monoisotopic (exact) mass is 287 g/mol. The van der Waals surface area contributed by atoms with Crippen LogP contribution in [0.2, 0.25) is 0 Å². The molecule has 0 aliphatic rings. The normalized spacial score (nSPS) is 11.9. The minimum Gasteiger partial charge on any atom is -0.323 e. The van der Waals surface area contributed by atoms with Crippen LogP contribution >= 0.6 is 0 Å². The van der Waals surface area contributed by atoms with Crippen LogP contribution in [0.25, 0.3) is 0 Å². The molecule has 0 fully saturated rings. The van der Waals surface area contributed by atoms with E-state index in [9.17, 15) is 9.59 Å². The van der Waals surface area contributed by atoms with Crippen molar-refractivity contribution in [1.82, 2.24) is 20.3 Å². The van der Waals surface area contributed by atoms with Gasteiger partial charge in [-0.15, -0.1) is 5.10 Å². The molecule has 1 heterocycles. The highest BCUT2D eigenvalue weighted by Crippen LogP contribution is 2.08. The number of aromatic nitrogens is 3. The van der Waals surface area contributed by atoms with E-state index >= 15 is 0 Å². The maximum absolute atomic E-state index is 11.8. The summed E-state index contributed by atoms with van der Waals surface area (Å²) in [5.74, 6) is -0.892. The van der Waals surface area contributed by atoms with Gasteiger partial charge < -0.3 is 5.73 Å². The minimum absolute atomic E-state index is 0.0813. The van der Waals surface area contributed by atoms with E-state index in [-0.39, 0.29) is 12.6 Å². The molecule has 7 heteroatoms. The summed E-state index contributed by atoms with van der Waals surface area (Å²) in [5.41, 5.74) is 6.88. The first-order chi connectivity index (χ1) is 10.1. The highest BCUT2D eigenvalue weighted by molar-refractivity contribution is 6.04. The molecule has 2 rings (SSSR count). The fourth-order valence-electron chi connectivity index (χ4n) is 1.74. The van der Waals surface area contributed by atoms with E-state index in [0.717, 1.165) is 6.42 Å². The number of hydrogen-bond acceptors (Lipinski definition) is 5. The second-order valence-corrected chi connectivity index (χ2v) is 4.60. The Morgan fingerprint density at radius 2 is 2.05 bits per heavy atom. The molecule has 0 radical (unpaired) electrons. The fraction of sp³-hybridized carbons (Fsp3) is 0.286. The molecule has 0 saturated heterocycles. The van der Waals surface area contributed by atoms with Gasteiger partial charge in [0, 0.05) is 5.56 Å². The highest BCUT2D eigenvalue weighted by atomic mass is 16.2. The SMILES string of the molecule is CCC(N)c1cn(CC(=O)NC(=O)c2ccccc2)nn1. The zero-order valence-electron chi connectivity index (χ0n) is 11.7. The quantitative estimate of drug-likeness (QED) is 0.840. The van der Waals surface area contributed by atoms with Gasteiger partial charge in [0.2, 0.25) is 5.91 Å². The van der Waals surface area contributed by atoms with Crippen LogP contribution in [0.15, 0.2) is 36.5 Å². The van der Waals surface area contributed by atoms with Crippen LogP contribution in [0.4, 0.5) is 0 Å². The van der Waals surface area contributed by atoms with Gasteiger partial charge in [-0.25, -0.2) is 4.68 Å². The number of nitrogens with two attached hydrogens (primary N) is 1. The van der Waals surface area contributed by atoms with Gasteiger partial charge in [0.1, 0.15) is 6.54 Å². The Morgan fingerprint density at radius 1 is 1.33 bits per heavy atom. The number of carbonyl (C=O) groups is 2. The molecule has 21 heavy (non-hydrogen) atoms. The Kier molecular flexibility index (Phi) is 4.78. The maximum Gasteiger partial charge on any atom is 0.257 e. The summed E-state index contributed by atoms with van der Waals surface area (Å²) >= 11 is 0. The molecular weight excluding hydrogens is 270 g/mol. The lowest BCUT2D eigenvalue weighted by Gasteiger charge is -2.04. The van der Waals surface area contributed by atoms with Crippen molar-refractivity contribution in [3.8, 4) is 0 Å². The summed E-state index contributed by atoms with van der Waals surface area (Å²) in [7, 11) is 0. The van der Waals surface area contributed by atoms with Gasteiger partial charge in [-0.1, -0.05) is 30.3 Å². The molecule has 0 aliphatic heterocycles. The van der Waals surface area contributed by atoms with Gasteiger partial charge in [-0.2, -0.15) is 0 Å². The van der Waals surface area contributed by atoms with Crippen LogP contribution in [0.1, 0.15) is 35.4 Å². The number of imide groups is 1. The molecule has 3 N–H and O–H groups in total. The van der Waals surface area contributed by atoms with Crippen LogP contribution in [-0.2, 0) is 11.3 Å². The van der Waals surface area contributed by atoms with Crippen LogP contribution in [-0.4, -0.2) is 26.8 Å². The summed E-state index contributed by atoms with van der Waals surface area (Å²) in [6.45, 7) is 1.86. The van der Waals surface area contributed by atoms with Crippen molar-refractivity contribution in [3.63, 3.8) is 0 Å². The van der Waals surface area contributed by atoms with Crippen molar-refractivity contribution < 1.29 is 9.59 Å². The molecule has 1 unspecified atom stereocenters. The molecule has 1 atom stereocenters. The third kappa shape index (κ3) is 3.96. The van der Waals surface area contributed by atoms with E-state index < -0.39 is 11.8 Å². The zero-order chi connectivity index (χ0) is 15.2. The van der Waals surface area contributed by atoms with Crippen molar-refractivity contribution in [3.05, 3.63) is 47.8 Å². The third-order valence-corrected chi connectivity index (χ3v) is 2.97. The lowest BCUT2D eigenvalue weighted by molar-refractivity contribution is -0.120. The molecule has 7 nitrogen and oxygen atoms in total. The van der Waals surface area contributed by atoms with E-state index in [1.54, 1.807) is 36.5 Å². The first-order valence-corrected chi connectivity index (χ1v) is 6.65. The standard InChI is InChI=1S/C14H17N5O2/c1-2-11(15)12-8-19(18-17-12)9-13(20)16-14(21)10-6-4-3-5-7-10/h3-8,11H,2,9,15H2,1H3,(H,16,20,21). The summed E-state index contributed by atoms with van der Waals surface area (Å²) in [5, 5.41) is 10.0. The van der Waals surface area contributed by atoms with Crippen molar-refractivity contribution >= 4 is 11.8 Å². The van der Waals surface area contributed by atoms with Gasteiger partial charge in [0.05, 0.1) is 17.9 Å². The molecule has 2 amide bonds. The van der Waals surface area contributed by atoms with Crippen molar-refractivity contribution in [2.75, 3.05) is 0 Å². The topological polar surface area (TPSA) is 103 Å². The minimum atomic E-state index is -0.453. The van der Waals surface area contributed by atoms with Crippen molar-refractivity contribution in [2.45, 2.75) is 25.9 Å². The average molecular weight is 287 g/mol. The Hall–Kier alpha value is -2.54. The molecule has 0 saturated carbocycles. The molecule has 0 spiro atoms. The second kappa shape index (κ2) is 6.76. The van der Waals surface area contributed by atoms with Crippen molar-refractivity contribution in [1.29, 1.82) is 0 Å². The molecule has 0 aliphatic carbocycles. The summed E-state index contributed by atoms with van der Waals surface area (Å²) < 4.78 is 1.36. The smallest absolute Gasteiger partial charge is 0.257 e. The number of amides is 2. The van der Waals surface area contributed by atoms with Gasteiger partial charge >= 0.3 is 0 Å². The highest BCUT2D eigenvalue weighted by Gasteiger charge is 2.13. The van der Waals surface area contributed by atoms with E-state index in [1.165, 1.54) is 4.68 Å². The number of nitrogens with zero attached hydrogens (tertiary/aromatic N) is 3. The maximum atomic E-state index is 11.8. The van der Waals surface area contributed by atoms with Gasteiger partial charge in [-0.3, -0.25) is 14.9 Å². The van der Waals surface area contributed by atoms with E-state index in [4.69, 9.17) is 5.73 Å². The van der Waals surface area contributed by atoms with Gasteiger partial charge in [0.25, 0.3) is 5.91 Å². The third-order valence-electron chi connectivity index (χ3n) is 2.97. The van der Waals surface area contributed by atoms with Crippen molar-refractivity contribution in [2.24, 2.45) is 5.73 Å². The van der Waals surface area contributed by atoms with Crippen LogP contribution in [0, 0.1) is 0 Å². The lowest BCUT2D eigenvalue weighted by atomic mass is 10.2. The van der Waals surface area contributed by atoms with Gasteiger partial charge in [0.15, 0.2) is 0 Å². The molecule has 1 aromatic carbocycles. The molecule has 110 valence electrons.